The quantitative estimate of drug-likeness (QED) is 0.453. The number of benzene rings is 1. The molecular weight excluding hydrogens is 188 g/mol. The van der Waals surface area contributed by atoms with Gasteiger partial charge in [0, 0.05) is 12.1 Å². The standard InChI is InChI=1S/C12H18N2O/c1-9(2)8-13-12(14-15)11-6-4-10(3)5-7-11/h4-7,9,15H,8H2,1-3H3,(H,13,14). The molecule has 3 heteroatoms. The van der Waals surface area contributed by atoms with Crippen LogP contribution in [0.5, 0.6) is 0 Å². The molecule has 0 saturated carbocycles. The zero-order valence-electron chi connectivity index (χ0n) is 9.49. The maximum Gasteiger partial charge on any atom is 0.152 e. The molecule has 0 saturated heterocycles. The molecule has 0 radical (unpaired) electrons. The summed E-state index contributed by atoms with van der Waals surface area (Å²) in [4.78, 5) is 4.30. The van der Waals surface area contributed by atoms with E-state index in [4.69, 9.17) is 5.21 Å². The number of hydrogen-bond acceptors (Lipinski definition) is 2. The lowest BCUT2D eigenvalue weighted by Crippen LogP contribution is -2.21. The average molecular weight is 206 g/mol. The summed E-state index contributed by atoms with van der Waals surface area (Å²) >= 11 is 0. The van der Waals surface area contributed by atoms with Gasteiger partial charge in [-0.15, -0.1) is 0 Å². The van der Waals surface area contributed by atoms with Gasteiger partial charge in [-0.1, -0.05) is 43.7 Å². The van der Waals surface area contributed by atoms with E-state index in [-0.39, 0.29) is 0 Å². The zero-order chi connectivity index (χ0) is 11.3. The number of nitrogens with zero attached hydrogens (tertiary/aromatic N) is 1. The molecule has 3 nitrogen and oxygen atoms in total. The third-order valence-corrected chi connectivity index (χ3v) is 2.05. The predicted molar refractivity (Wildman–Crippen MR) is 62.3 cm³/mol. The van der Waals surface area contributed by atoms with Crippen molar-refractivity contribution in [2.75, 3.05) is 6.54 Å². The first kappa shape index (κ1) is 11.7. The van der Waals surface area contributed by atoms with Crippen LogP contribution in [-0.4, -0.2) is 17.6 Å². The van der Waals surface area contributed by atoms with E-state index in [1.807, 2.05) is 31.2 Å². The summed E-state index contributed by atoms with van der Waals surface area (Å²) in [5.41, 5.74) is 4.24. The lowest BCUT2D eigenvalue weighted by atomic mass is 10.1. The van der Waals surface area contributed by atoms with Crippen molar-refractivity contribution in [1.29, 1.82) is 0 Å². The lowest BCUT2D eigenvalue weighted by molar-refractivity contribution is 0.234. The van der Waals surface area contributed by atoms with Crippen molar-refractivity contribution < 1.29 is 5.21 Å². The van der Waals surface area contributed by atoms with Crippen LogP contribution in [0.2, 0.25) is 0 Å². The van der Waals surface area contributed by atoms with E-state index in [1.54, 1.807) is 0 Å². The van der Waals surface area contributed by atoms with Crippen molar-refractivity contribution in [2.24, 2.45) is 10.9 Å². The Morgan fingerprint density at radius 3 is 2.40 bits per heavy atom. The maximum absolute atomic E-state index is 8.98. The predicted octanol–water partition coefficient (Wildman–Crippen LogP) is 2.38. The minimum atomic E-state index is 0.485. The van der Waals surface area contributed by atoms with E-state index in [9.17, 15) is 0 Å². The van der Waals surface area contributed by atoms with Crippen LogP contribution in [0, 0.1) is 12.8 Å². The molecule has 0 aliphatic heterocycles. The molecule has 0 spiro atoms. The number of amidine groups is 1. The molecule has 1 aromatic carbocycles. The molecule has 82 valence electrons. The second kappa shape index (κ2) is 5.51. The van der Waals surface area contributed by atoms with Crippen LogP contribution < -0.4 is 5.48 Å². The van der Waals surface area contributed by atoms with Crippen molar-refractivity contribution >= 4 is 5.84 Å². The summed E-state index contributed by atoms with van der Waals surface area (Å²) in [6.07, 6.45) is 0. The van der Waals surface area contributed by atoms with Gasteiger partial charge in [-0.2, -0.15) is 0 Å². The highest BCUT2D eigenvalue weighted by atomic mass is 16.5. The van der Waals surface area contributed by atoms with Crippen LogP contribution >= 0.6 is 0 Å². The first-order valence-electron chi connectivity index (χ1n) is 5.15. The van der Waals surface area contributed by atoms with Gasteiger partial charge in [-0.25, -0.2) is 0 Å². The second-order valence-electron chi connectivity index (χ2n) is 4.06. The second-order valence-corrected chi connectivity index (χ2v) is 4.06. The molecule has 0 aromatic heterocycles. The topological polar surface area (TPSA) is 44.6 Å². The van der Waals surface area contributed by atoms with Gasteiger partial charge in [0.1, 0.15) is 0 Å². The van der Waals surface area contributed by atoms with Crippen LogP contribution in [0.1, 0.15) is 25.0 Å². The minimum absolute atomic E-state index is 0.485. The Labute approximate surface area is 90.8 Å². The van der Waals surface area contributed by atoms with E-state index in [1.165, 1.54) is 5.56 Å². The molecule has 0 atom stereocenters. The Morgan fingerprint density at radius 1 is 1.33 bits per heavy atom. The zero-order valence-corrected chi connectivity index (χ0v) is 9.49. The highest BCUT2D eigenvalue weighted by molar-refractivity contribution is 5.97. The fourth-order valence-corrected chi connectivity index (χ4v) is 1.18. The van der Waals surface area contributed by atoms with Gasteiger partial charge in [0.15, 0.2) is 5.84 Å². The van der Waals surface area contributed by atoms with Gasteiger partial charge in [0.05, 0.1) is 0 Å². The van der Waals surface area contributed by atoms with Gasteiger partial charge >= 0.3 is 0 Å². The summed E-state index contributed by atoms with van der Waals surface area (Å²) in [5.74, 6) is 1.02. The Hall–Kier alpha value is -1.35. The van der Waals surface area contributed by atoms with E-state index in [0.29, 0.717) is 18.3 Å². The van der Waals surface area contributed by atoms with Gasteiger partial charge < -0.3 is 0 Å². The number of aliphatic imine (C=N–C) groups is 1. The van der Waals surface area contributed by atoms with Crippen molar-refractivity contribution in [3.05, 3.63) is 35.4 Å². The number of aryl methyl sites for hydroxylation is 1. The molecule has 0 unspecified atom stereocenters. The molecule has 1 aromatic rings. The normalized spacial score (nSPS) is 11.9. The van der Waals surface area contributed by atoms with Crippen molar-refractivity contribution in [3.8, 4) is 0 Å². The molecule has 0 amide bonds. The Bertz CT molecular complexity index is 328. The fraction of sp³-hybridized carbons (Fsp3) is 0.417. The van der Waals surface area contributed by atoms with Gasteiger partial charge in [0.2, 0.25) is 0 Å². The molecule has 0 fully saturated rings. The van der Waals surface area contributed by atoms with Gasteiger partial charge in [-0.05, 0) is 12.8 Å². The van der Waals surface area contributed by atoms with E-state index in [0.717, 1.165) is 5.56 Å². The van der Waals surface area contributed by atoms with Crippen LogP contribution in [0.4, 0.5) is 0 Å². The minimum Gasteiger partial charge on any atom is -0.290 e. The van der Waals surface area contributed by atoms with Crippen LogP contribution in [0.15, 0.2) is 29.3 Å². The van der Waals surface area contributed by atoms with Crippen molar-refractivity contribution in [3.63, 3.8) is 0 Å². The average Bonchev–Trinajstić information content (AvgIpc) is 2.21. The SMILES string of the molecule is Cc1ccc(C(=NCC(C)C)NO)cc1. The summed E-state index contributed by atoms with van der Waals surface area (Å²) in [5, 5.41) is 8.98. The molecule has 2 N–H and O–H groups in total. The first-order chi connectivity index (χ1) is 7.13. The highest BCUT2D eigenvalue weighted by Gasteiger charge is 2.01. The highest BCUT2D eigenvalue weighted by Crippen LogP contribution is 2.04. The van der Waals surface area contributed by atoms with Crippen LogP contribution in [0.3, 0.4) is 0 Å². The van der Waals surface area contributed by atoms with E-state index >= 15 is 0 Å². The lowest BCUT2D eigenvalue weighted by Gasteiger charge is -2.06. The third kappa shape index (κ3) is 3.72. The Balaban J connectivity index is 2.82. The van der Waals surface area contributed by atoms with E-state index in [2.05, 4.69) is 24.3 Å². The summed E-state index contributed by atoms with van der Waals surface area (Å²) in [7, 11) is 0. The molecule has 0 aliphatic rings. The third-order valence-electron chi connectivity index (χ3n) is 2.05. The molecule has 0 aliphatic carbocycles. The number of nitrogens with one attached hydrogen (secondary N) is 1. The summed E-state index contributed by atoms with van der Waals surface area (Å²) < 4.78 is 0. The van der Waals surface area contributed by atoms with Crippen molar-refractivity contribution in [1.82, 2.24) is 5.48 Å². The van der Waals surface area contributed by atoms with Crippen LogP contribution in [0.25, 0.3) is 0 Å². The smallest absolute Gasteiger partial charge is 0.152 e. The largest absolute Gasteiger partial charge is 0.290 e. The Morgan fingerprint density at radius 2 is 1.93 bits per heavy atom. The number of hydroxylamine groups is 1. The first-order valence-corrected chi connectivity index (χ1v) is 5.15. The van der Waals surface area contributed by atoms with Gasteiger partial charge in [0.25, 0.3) is 0 Å². The summed E-state index contributed by atoms with van der Waals surface area (Å²) in [6, 6.07) is 7.88. The molecular formula is C12H18N2O. The maximum atomic E-state index is 8.98. The van der Waals surface area contributed by atoms with Crippen LogP contribution in [-0.2, 0) is 0 Å². The molecule has 0 bridgehead atoms. The van der Waals surface area contributed by atoms with Crippen molar-refractivity contribution in [2.45, 2.75) is 20.8 Å². The monoisotopic (exact) mass is 206 g/mol. The van der Waals surface area contributed by atoms with Gasteiger partial charge in [-0.3, -0.25) is 15.7 Å². The number of rotatable bonds is 3. The molecule has 0 heterocycles. The molecule has 1 rings (SSSR count). The summed E-state index contributed by atoms with van der Waals surface area (Å²) in [6.45, 7) is 6.92. The van der Waals surface area contributed by atoms with E-state index < -0.39 is 0 Å². The Kier molecular flexibility index (Phi) is 4.31. The number of hydrogen-bond donors (Lipinski definition) is 2. The fourth-order valence-electron chi connectivity index (χ4n) is 1.18. The molecule has 15 heavy (non-hydrogen) atoms.